The Bertz CT molecular complexity index is 655. The summed E-state index contributed by atoms with van der Waals surface area (Å²) in [6.45, 7) is 16.8. The van der Waals surface area contributed by atoms with Crippen molar-refractivity contribution in [3.05, 3.63) is 77.9 Å². The molecule has 2 aromatic rings. The van der Waals surface area contributed by atoms with Gasteiger partial charge in [-0.3, -0.25) is 0 Å². The van der Waals surface area contributed by atoms with Gasteiger partial charge in [0.25, 0.3) is 0 Å². The predicted molar refractivity (Wildman–Crippen MR) is 106 cm³/mol. The molecule has 0 fully saturated rings. The van der Waals surface area contributed by atoms with Gasteiger partial charge in [0.05, 0.1) is 0 Å². The van der Waals surface area contributed by atoms with Crippen molar-refractivity contribution in [2.24, 2.45) is 5.92 Å². The normalized spacial score (nSPS) is 11.4. The molecular weight excluding hydrogens is 276 g/mol. The molecule has 2 aromatic carbocycles. The van der Waals surface area contributed by atoms with E-state index >= 15 is 0 Å². The van der Waals surface area contributed by atoms with Crippen molar-refractivity contribution in [3.8, 4) is 11.1 Å². The van der Waals surface area contributed by atoms with Gasteiger partial charge in [0.2, 0.25) is 0 Å². The Morgan fingerprint density at radius 3 is 2.09 bits per heavy atom. The summed E-state index contributed by atoms with van der Waals surface area (Å²) >= 11 is 0. The van der Waals surface area contributed by atoms with Gasteiger partial charge in [0, 0.05) is 0 Å². The summed E-state index contributed by atoms with van der Waals surface area (Å²) in [5.41, 5.74) is 7.67. The van der Waals surface area contributed by atoms with Crippen molar-refractivity contribution in [3.63, 3.8) is 0 Å². The van der Waals surface area contributed by atoms with Crippen LogP contribution in [0.25, 0.3) is 16.7 Å². The van der Waals surface area contributed by atoms with Gasteiger partial charge in [-0.1, -0.05) is 94.0 Å². The van der Waals surface area contributed by atoms with Crippen LogP contribution in [0.5, 0.6) is 0 Å². The summed E-state index contributed by atoms with van der Waals surface area (Å²) in [5, 5.41) is 0. The molecule has 23 heavy (non-hydrogen) atoms. The molecule has 0 unspecified atom stereocenters. The van der Waals surface area contributed by atoms with Crippen LogP contribution in [0.15, 0.2) is 66.8 Å². The third-order valence-electron chi connectivity index (χ3n) is 4.05. The van der Waals surface area contributed by atoms with Gasteiger partial charge in [0.15, 0.2) is 0 Å². The van der Waals surface area contributed by atoms with Crippen LogP contribution in [0, 0.1) is 12.8 Å². The third kappa shape index (κ3) is 4.96. The molecule has 0 aliphatic heterocycles. The van der Waals surface area contributed by atoms with Crippen molar-refractivity contribution in [2.45, 2.75) is 41.5 Å². The van der Waals surface area contributed by atoms with Crippen molar-refractivity contribution in [1.29, 1.82) is 0 Å². The lowest BCUT2D eigenvalue weighted by Gasteiger charge is -2.13. The van der Waals surface area contributed by atoms with Crippen LogP contribution in [0.4, 0.5) is 0 Å². The molecule has 0 atom stereocenters. The van der Waals surface area contributed by atoms with Crippen LogP contribution in [0.2, 0.25) is 0 Å². The number of allylic oxidation sites excluding steroid dienone is 3. The van der Waals surface area contributed by atoms with Gasteiger partial charge in [-0.15, -0.1) is 0 Å². The molecule has 0 saturated carbocycles. The van der Waals surface area contributed by atoms with E-state index in [9.17, 15) is 0 Å². The molecule has 0 heteroatoms. The fourth-order valence-electron chi connectivity index (χ4n) is 2.43. The summed E-state index contributed by atoms with van der Waals surface area (Å²) in [6.07, 6.45) is 1.98. The maximum absolute atomic E-state index is 4.00. The number of aryl methyl sites for hydroxylation is 1. The number of benzene rings is 2. The minimum Gasteiger partial charge on any atom is -0.0984 e. The van der Waals surface area contributed by atoms with Gasteiger partial charge in [-0.2, -0.15) is 0 Å². The highest BCUT2D eigenvalue weighted by Gasteiger charge is 2.07. The SMILES string of the molecule is C=CC(=C(C)C(C)C)c1cccc(-c2ccc(C)cc2)c1.CC. The first-order valence-electron chi connectivity index (χ1n) is 8.53. The Hall–Kier alpha value is -2.08. The summed E-state index contributed by atoms with van der Waals surface area (Å²) in [7, 11) is 0. The van der Waals surface area contributed by atoms with Gasteiger partial charge in [0.1, 0.15) is 0 Å². The average molecular weight is 306 g/mol. The molecule has 0 aliphatic rings. The van der Waals surface area contributed by atoms with Crippen molar-refractivity contribution in [1.82, 2.24) is 0 Å². The predicted octanol–water partition coefficient (Wildman–Crippen LogP) is 7.30. The summed E-state index contributed by atoms with van der Waals surface area (Å²) in [6, 6.07) is 17.4. The molecule has 122 valence electrons. The van der Waals surface area contributed by atoms with Crippen LogP contribution in [0.1, 0.15) is 45.7 Å². The zero-order chi connectivity index (χ0) is 17.4. The Labute approximate surface area is 142 Å². The molecule has 2 rings (SSSR count). The smallest absolute Gasteiger partial charge is 0.0178 e. The second-order valence-corrected chi connectivity index (χ2v) is 5.90. The largest absolute Gasteiger partial charge is 0.0984 e. The Balaban J connectivity index is 0.00000127. The minimum atomic E-state index is 0.529. The average Bonchev–Trinajstić information content (AvgIpc) is 2.58. The van der Waals surface area contributed by atoms with Gasteiger partial charge in [-0.25, -0.2) is 0 Å². The number of rotatable bonds is 4. The van der Waals surface area contributed by atoms with E-state index in [2.05, 4.69) is 82.8 Å². The maximum atomic E-state index is 4.00. The highest BCUT2D eigenvalue weighted by Crippen LogP contribution is 2.28. The molecule has 0 N–H and O–H groups in total. The standard InChI is InChI=1S/C21H24.C2H6/c1-6-21(17(5)15(2)3)20-9-7-8-19(14-20)18-12-10-16(4)11-13-18;1-2/h6-15H,1H2,2-5H3;1-2H3. The molecule has 0 nitrogen and oxygen atoms in total. The highest BCUT2D eigenvalue weighted by atomic mass is 14.1. The van der Waals surface area contributed by atoms with E-state index in [1.54, 1.807) is 0 Å². The number of hydrogen-bond donors (Lipinski definition) is 0. The Morgan fingerprint density at radius 2 is 1.57 bits per heavy atom. The molecule has 0 spiro atoms. The molecule has 0 amide bonds. The van der Waals surface area contributed by atoms with E-state index in [4.69, 9.17) is 0 Å². The van der Waals surface area contributed by atoms with E-state index in [0.717, 1.165) is 0 Å². The zero-order valence-electron chi connectivity index (χ0n) is 15.5. The first kappa shape index (κ1) is 19.0. The summed E-state index contributed by atoms with van der Waals surface area (Å²) in [4.78, 5) is 0. The monoisotopic (exact) mass is 306 g/mol. The highest BCUT2D eigenvalue weighted by molar-refractivity contribution is 5.79. The van der Waals surface area contributed by atoms with Crippen LogP contribution < -0.4 is 0 Å². The van der Waals surface area contributed by atoms with Crippen molar-refractivity contribution < 1.29 is 0 Å². The fraction of sp³-hybridized carbons (Fsp3) is 0.304. The van der Waals surface area contributed by atoms with E-state index in [1.807, 2.05) is 19.9 Å². The van der Waals surface area contributed by atoms with Crippen molar-refractivity contribution >= 4 is 5.57 Å². The Morgan fingerprint density at radius 1 is 0.957 bits per heavy atom. The molecule has 0 aliphatic carbocycles. The summed E-state index contributed by atoms with van der Waals surface area (Å²) in [5.74, 6) is 0.529. The van der Waals surface area contributed by atoms with Gasteiger partial charge < -0.3 is 0 Å². The maximum Gasteiger partial charge on any atom is -0.0178 e. The fourth-order valence-corrected chi connectivity index (χ4v) is 2.43. The van der Waals surface area contributed by atoms with E-state index in [1.165, 1.54) is 33.4 Å². The second-order valence-electron chi connectivity index (χ2n) is 5.90. The molecular formula is C23H30. The molecule has 0 heterocycles. The molecule has 0 radical (unpaired) electrons. The van der Waals surface area contributed by atoms with Crippen LogP contribution in [-0.2, 0) is 0 Å². The van der Waals surface area contributed by atoms with Crippen LogP contribution >= 0.6 is 0 Å². The molecule has 0 aromatic heterocycles. The topological polar surface area (TPSA) is 0 Å². The third-order valence-corrected chi connectivity index (χ3v) is 4.05. The van der Waals surface area contributed by atoms with E-state index in [0.29, 0.717) is 5.92 Å². The number of hydrogen-bond acceptors (Lipinski definition) is 0. The van der Waals surface area contributed by atoms with Crippen molar-refractivity contribution in [2.75, 3.05) is 0 Å². The second kappa shape index (κ2) is 9.15. The zero-order valence-corrected chi connectivity index (χ0v) is 15.5. The quantitative estimate of drug-likeness (QED) is 0.520. The van der Waals surface area contributed by atoms with Crippen LogP contribution in [0.3, 0.4) is 0 Å². The van der Waals surface area contributed by atoms with Gasteiger partial charge in [-0.05, 0) is 48.1 Å². The minimum absolute atomic E-state index is 0.529. The molecule has 0 saturated heterocycles. The van der Waals surface area contributed by atoms with Gasteiger partial charge >= 0.3 is 0 Å². The van der Waals surface area contributed by atoms with E-state index in [-0.39, 0.29) is 0 Å². The van der Waals surface area contributed by atoms with Crippen LogP contribution in [-0.4, -0.2) is 0 Å². The van der Waals surface area contributed by atoms with E-state index < -0.39 is 0 Å². The Kier molecular flexibility index (Phi) is 7.54. The lowest BCUT2D eigenvalue weighted by Crippen LogP contribution is -1.94. The lowest BCUT2D eigenvalue weighted by molar-refractivity contribution is 0.773. The molecule has 0 bridgehead atoms. The first-order chi connectivity index (χ1) is 11.0. The summed E-state index contributed by atoms with van der Waals surface area (Å²) < 4.78 is 0. The first-order valence-corrected chi connectivity index (χ1v) is 8.53. The lowest BCUT2D eigenvalue weighted by atomic mass is 9.92.